The molecule has 1 nitrogen and oxygen atoms in total. The van der Waals surface area contributed by atoms with Crippen LogP contribution in [-0.4, -0.2) is 12.0 Å². The lowest BCUT2D eigenvalue weighted by Gasteiger charge is -2.58. The Bertz CT molecular complexity index is 524. The van der Waals surface area contributed by atoms with Gasteiger partial charge in [-0.15, -0.1) is 0 Å². The predicted molar refractivity (Wildman–Crippen MR) is 97.6 cm³/mol. The van der Waals surface area contributed by atoms with Crippen LogP contribution in [0.4, 0.5) is 4.39 Å². The monoisotopic (exact) mass is 334 g/mol. The normalized spacial score (nSPS) is 45.1. The first-order chi connectivity index (χ1) is 11.3. The molecule has 136 valence electrons. The van der Waals surface area contributed by atoms with E-state index < -0.39 is 6.17 Å². The maximum atomic E-state index is 13.9. The van der Waals surface area contributed by atoms with Crippen molar-refractivity contribution < 1.29 is 9.18 Å². The van der Waals surface area contributed by atoms with Crippen LogP contribution in [-0.2, 0) is 4.79 Å². The molecule has 2 fully saturated rings. The van der Waals surface area contributed by atoms with E-state index in [2.05, 4.69) is 26.8 Å². The quantitative estimate of drug-likeness (QED) is 0.553. The standard InChI is InChI=1S/C22H35FO/c1-5-6-19-18-8-7-16-13-17(23)9-12-22(16,4)20(18)10-11-21(19,3)14-15(2)24/h7,17-20H,5-6,8-14H2,1-4H3. The average molecular weight is 335 g/mol. The SMILES string of the molecule is CCCC1C2CC=C3CC(F)CCC3(C)C2CCC1(C)CC(C)=O. The van der Waals surface area contributed by atoms with E-state index in [0.717, 1.165) is 25.7 Å². The van der Waals surface area contributed by atoms with Gasteiger partial charge in [0.2, 0.25) is 0 Å². The summed E-state index contributed by atoms with van der Waals surface area (Å²) in [6, 6.07) is 0. The number of hydrogen-bond acceptors (Lipinski definition) is 1. The van der Waals surface area contributed by atoms with E-state index in [-0.39, 0.29) is 10.8 Å². The molecule has 0 bridgehead atoms. The molecule has 0 aromatic heterocycles. The Morgan fingerprint density at radius 3 is 2.71 bits per heavy atom. The third kappa shape index (κ3) is 2.99. The highest BCUT2D eigenvalue weighted by molar-refractivity contribution is 5.76. The maximum absolute atomic E-state index is 13.9. The average Bonchev–Trinajstić information content (AvgIpc) is 2.50. The number of ketones is 1. The van der Waals surface area contributed by atoms with E-state index in [1.807, 2.05) is 0 Å². The molecular weight excluding hydrogens is 299 g/mol. The molecule has 0 N–H and O–H groups in total. The Hall–Kier alpha value is -0.660. The van der Waals surface area contributed by atoms with Gasteiger partial charge < -0.3 is 4.79 Å². The number of carbonyl (C=O) groups excluding carboxylic acids is 1. The summed E-state index contributed by atoms with van der Waals surface area (Å²) < 4.78 is 13.9. The fourth-order valence-electron chi connectivity index (χ4n) is 6.67. The molecule has 2 saturated carbocycles. The Kier molecular flexibility index (Phi) is 4.97. The second-order valence-electron chi connectivity index (χ2n) is 9.46. The van der Waals surface area contributed by atoms with Crippen molar-refractivity contribution in [3.05, 3.63) is 11.6 Å². The third-order valence-corrected chi connectivity index (χ3v) is 7.81. The highest BCUT2D eigenvalue weighted by Gasteiger charge is 2.54. The van der Waals surface area contributed by atoms with Gasteiger partial charge in [-0.05, 0) is 74.0 Å². The summed E-state index contributed by atoms with van der Waals surface area (Å²) in [5, 5.41) is 0. The molecule has 24 heavy (non-hydrogen) atoms. The van der Waals surface area contributed by atoms with Crippen LogP contribution in [0, 0.1) is 28.6 Å². The predicted octanol–water partition coefficient (Wildman–Crippen LogP) is 6.27. The summed E-state index contributed by atoms with van der Waals surface area (Å²) in [4.78, 5) is 11.9. The van der Waals surface area contributed by atoms with Crippen LogP contribution >= 0.6 is 0 Å². The fraction of sp³-hybridized carbons (Fsp3) is 0.864. The Morgan fingerprint density at radius 2 is 2.04 bits per heavy atom. The first-order valence-electron chi connectivity index (χ1n) is 10.1. The largest absolute Gasteiger partial charge is 0.300 e. The van der Waals surface area contributed by atoms with Gasteiger partial charge in [-0.1, -0.05) is 38.8 Å². The minimum absolute atomic E-state index is 0.169. The van der Waals surface area contributed by atoms with Crippen molar-refractivity contribution in [1.29, 1.82) is 0 Å². The highest BCUT2D eigenvalue weighted by Crippen LogP contribution is 2.62. The highest BCUT2D eigenvalue weighted by atomic mass is 19.1. The molecule has 2 heteroatoms. The van der Waals surface area contributed by atoms with Crippen molar-refractivity contribution in [2.24, 2.45) is 28.6 Å². The minimum Gasteiger partial charge on any atom is -0.300 e. The second kappa shape index (κ2) is 6.57. The Balaban J connectivity index is 1.91. The maximum Gasteiger partial charge on any atom is 0.130 e. The second-order valence-corrected chi connectivity index (χ2v) is 9.46. The summed E-state index contributed by atoms with van der Waals surface area (Å²) in [6.07, 6.45) is 10.9. The van der Waals surface area contributed by atoms with Gasteiger partial charge in [0.25, 0.3) is 0 Å². The third-order valence-electron chi connectivity index (χ3n) is 7.81. The van der Waals surface area contributed by atoms with Gasteiger partial charge >= 0.3 is 0 Å². The van der Waals surface area contributed by atoms with E-state index in [4.69, 9.17) is 0 Å². The summed E-state index contributed by atoms with van der Waals surface area (Å²) >= 11 is 0. The number of Topliss-reactive ketones (excluding diaryl/α,β-unsaturated/α-hetero) is 1. The molecule has 3 rings (SSSR count). The van der Waals surface area contributed by atoms with Crippen LogP contribution < -0.4 is 0 Å². The van der Waals surface area contributed by atoms with Crippen LogP contribution in [0.5, 0.6) is 0 Å². The lowest BCUT2D eigenvalue weighted by Crippen LogP contribution is -2.50. The molecule has 0 aromatic carbocycles. The molecule has 6 atom stereocenters. The number of allylic oxidation sites excluding steroid dienone is 2. The van der Waals surface area contributed by atoms with Crippen LogP contribution in [0.1, 0.15) is 85.5 Å². The summed E-state index contributed by atoms with van der Waals surface area (Å²) in [5.74, 6) is 2.37. The molecule has 3 aliphatic rings. The van der Waals surface area contributed by atoms with Crippen molar-refractivity contribution in [1.82, 2.24) is 0 Å². The van der Waals surface area contributed by atoms with Crippen LogP contribution in [0.3, 0.4) is 0 Å². The minimum atomic E-state index is -0.626. The first-order valence-corrected chi connectivity index (χ1v) is 10.1. The summed E-state index contributed by atoms with van der Waals surface area (Å²) in [5.41, 5.74) is 1.80. The molecule has 0 aromatic rings. The fourth-order valence-corrected chi connectivity index (χ4v) is 6.67. The number of fused-ring (bicyclic) bond motifs is 3. The van der Waals surface area contributed by atoms with Crippen molar-refractivity contribution in [3.63, 3.8) is 0 Å². The molecule has 0 aliphatic heterocycles. The smallest absolute Gasteiger partial charge is 0.130 e. The lowest BCUT2D eigenvalue weighted by atomic mass is 9.46. The van der Waals surface area contributed by atoms with Gasteiger partial charge in [-0.3, -0.25) is 0 Å². The van der Waals surface area contributed by atoms with Crippen LogP contribution in [0.15, 0.2) is 11.6 Å². The van der Waals surface area contributed by atoms with Gasteiger partial charge in [-0.2, -0.15) is 0 Å². The number of rotatable bonds is 4. The van der Waals surface area contributed by atoms with Gasteiger partial charge in [0.05, 0.1) is 0 Å². The summed E-state index contributed by atoms with van der Waals surface area (Å²) in [7, 11) is 0. The summed E-state index contributed by atoms with van der Waals surface area (Å²) in [6.45, 7) is 8.81. The number of carbonyl (C=O) groups is 1. The number of hydrogen-bond donors (Lipinski definition) is 0. The molecule has 0 radical (unpaired) electrons. The van der Waals surface area contributed by atoms with E-state index in [1.54, 1.807) is 6.92 Å². The van der Waals surface area contributed by atoms with E-state index in [9.17, 15) is 9.18 Å². The van der Waals surface area contributed by atoms with Crippen molar-refractivity contribution >= 4 is 5.78 Å². The van der Waals surface area contributed by atoms with Gasteiger partial charge in [0, 0.05) is 12.8 Å². The van der Waals surface area contributed by atoms with Crippen molar-refractivity contribution in [2.45, 2.75) is 91.7 Å². The number of alkyl halides is 1. The van der Waals surface area contributed by atoms with E-state index >= 15 is 0 Å². The topological polar surface area (TPSA) is 17.1 Å². The van der Waals surface area contributed by atoms with Crippen LogP contribution in [0.25, 0.3) is 0 Å². The zero-order valence-corrected chi connectivity index (χ0v) is 16.0. The van der Waals surface area contributed by atoms with E-state index in [0.29, 0.717) is 30.0 Å². The molecule has 6 unspecified atom stereocenters. The lowest BCUT2D eigenvalue weighted by molar-refractivity contribution is -0.123. The van der Waals surface area contributed by atoms with Crippen molar-refractivity contribution in [2.75, 3.05) is 0 Å². The van der Waals surface area contributed by atoms with Gasteiger partial charge in [-0.25, -0.2) is 4.39 Å². The zero-order chi connectivity index (χ0) is 17.5. The molecule has 0 spiro atoms. The van der Waals surface area contributed by atoms with Crippen LogP contribution in [0.2, 0.25) is 0 Å². The molecule has 3 aliphatic carbocycles. The first kappa shape index (κ1) is 18.1. The van der Waals surface area contributed by atoms with Gasteiger partial charge in [0.1, 0.15) is 12.0 Å². The molecule has 0 heterocycles. The molecule has 0 saturated heterocycles. The molecule has 0 amide bonds. The molecular formula is C22H35FO. The Labute approximate surface area is 147 Å². The van der Waals surface area contributed by atoms with Gasteiger partial charge in [0.15, 0.2) is 0 Å². The Morgan fingerprint density at radius 1 is 1.29 bits per heavy atom. The zero-order valence-electron chi connectivity index (χ0n) is 16.0. The van der Waals surface area contributed by atoms with Crippen molar-refractivity contribution in [3.8, 4) is 0 Å². The van der Waals surface area contributed by atoms with E-state index in [1.165, 1.54) is 31.3 Å². The number of halogens is 1.